The zero-order chi connectivity index (χ0) is 15.1. The van der Waals surface area contributed by atoms with E-state index in [1.54, 1.807) is 18.2 Å². The Morgan fingerprint density at radius 2 is 1.95 bits per heavy atom. The Morgan fingerprint density at radius 3 is 2.67 bits per heavy atom. The third-order valence-corrected chi connectivity index (χ3v) is 4.00. The number of para-hydroxylation sites is 1. The number of carbonyl (C=O) groups excluding carboxylic acids is 1. The molecule has 0 aliphatic rings. The topological polar surface area (TPSA) is 38.3 Å². The van der Waals surface area contributed by atoms with Crippen molar-refractivity contribution >= 4 is 39.1 Å². The Hall–Kier alpha value is -1.52. The van der Waals surface area contributed by atoms with E-state index in [0.29, 0.717) is 30.2 Å². The molecule has 2 aromatic carbocycles. The number of rotatable bonds is 6. The SMILES string of the molecule is O=C(CCCOc1ccccc1)Nc1ccc(Br)c(Cl)c1. The summed E-state index contributed by atoms with van der Waals surface area (Å²) in [5, 5.41) is 3.38. The fourth-order valence-electron chi connectivity index (χ4n) is 1.74. The fourth-order valence-corrected chi connectivity index (χ4v) is 2.16. The summed E-state index contributed by atoms with van der Waals surface area (Å²) in [7, 11) is 0. The van der Waals surface area contributed by atoms with Crippen molar-refractivity contribution in [3.05, 3.63) is 58.0 Å². The lowest BCUT2D eigenvalue weighted by Crippen LogP contribution is -2.12. The fraction of sp³-hybridized carbons (Fsp3) is 0.188. The van der Waals surface area contributed by atoms with Gasteiger partial charge in [-0.1, -0.05) is 29.8 Å². The second kappa shape index (κ2) is 8.05. The molecule has 0 bridgehead atoms. The monoisotopic (exact) mass is 367 g/mol. The second-order valence-corrected chi connectivity index (χ2v) is 5.70. The van der Waals surface area contributed by atoms with Gasteiger partial charge < -0.3 is 10.1 Å². The summed E-state index contributed by atoms with van der Waals surface area (Å²) in [4.78, 5) is 11.8. The zero-order valence-electron chi connectivity index (χ0n) is 11.3. The van der Waals surface area contributed by atoms with Crippen LogP contribution in [0.1, 0.15) is 12.8 Å². The van der Waals surface area contributed by atoms with Crippen LogP contribution in [0, 0.1) is 0 Å². The molecule has 0 heterocycles. The lowest BCUT2D eigenvalue weighted by molar-refractivity contribution is -0.116. The van der Waals surface area contributed by atoms with E-state index in [1.165, 1.54) is 0 Å². The molecular formula is C16H15BrClNO2. The Kier molecular flexibility index (Phi) is 6.08. The zero-order valence-corrected chi connectivity index (χ0v) is 13.7. The Labute approximate surface area is 137 Å². The quantitative estimate of drug-likeness (QED) is 0.736. The first kappa shape index (κ1) is 15.9. The van der Waals surface area contributed by atoms with Crippen molar-refractivity contribution in [2.24, 2.45) is 0 Å². The van der Waals surface area contributed by atoms with Crippen LogP contribution >= 0.6 is 27.5 Å². The van der Waals surface area contributed by atoms with E-state index in [1.807, 2.05) is 30.3 Å². The molecule has 1 N–H and O–H groups in total. The van der Waals surface area contributed by atoms with Crippen molar-refractivity contribution in [1.29, 1.82) is 0 Å². The van der Waals surface area contributed by atoms with E-state index < -0.39 is 0 Å². The first-order chi connectivity index (χ1) is 10.1. The maximum atomic E-state index is 11.8. The van der Waals surface area contributed by atoms with Crippen LogP contribution in [0.4, 0.5) is 5.69 Å². The summed E-state index contributed by atoms with van der Waals surface area (Å²) < 4.78 is 6.34. The van der Waals surface area contributed by atoms with E-state index in [4.69, 9.17) is 16.3 Å². The summed E-state index contributed by atoms with van der Waals surface area (Å²) in [6.07, 6.45) is 1.06. The molecule has 0 aliphatic carbocycles. The van der Waals surface area contributed by atoms with Crippen LogP contribution in [-0.4, -0.2) is 12.5 Å². The largest absolute Gasteiger partial charge is 0.494 e. The molecule has 5 heteroatoms. The maximum Gasteiger partial charge on any atom is 0.224 e. The van der Waals surface area contributed by atoms with E-state index in [-0.39, 0.29) is 5.91 Å². The molecule has 0 spiro atoms. The van der Waals surface area contributed by atoms with Crippen LogP contribution in [0.25, 0.3) is 0 Å². The van der Waals surface area contributed by atoms with E-state index in [0.717, 1.165) is 10.2 Å². The van der Waals surface area contributed by atoms with Gasteiger partial charge in [0.2, 0.25) is 5.91 Å². The average molecular weight is 369 g/mol. The van der Waals surface area contributed by atoms with Crippen molar-refractivity contribution in [3.63, 3.8) is 0 Å². The van der Waals surface area contributed by atoms with Crippen molar-refractivity contribution in [1.82, 2.24) is 0 Å². The molecule has 0 fully saturated rings. The van der Waals surface area contributed by atoms with Crippen molar-refractivity contribution in [2.75, 3.05) is 11.9 Å². The highest BCUT2D eigenvalue weighted by Crippen LogP contribution is 2.25. The van der Waals surface area contributed by atoms with E-state index in [2.05, 4.69) is 21.2 Å². The maximum absolute atomic E-state index is 11.8. The van der Waals surface area contributed by atoms with Gasteiger partial charge in [0.15, 0.2) is 0 Å². The van der Waals surface area contributed by atoms with Gasteiger partial charge >= 0.3 is 0 Å². The molecule has 21 heavy (non-hydrogen) atoms. The Bertz CT molecular complexity index is 604. The number of anilines is 1. The molecule has 0 aliphatic heterocycles. The van der Waals surface area contributed by atoms with Gasteiger partial charge in [0.25, 0.3) is 0 Å². The third-order valence-electron chi connectivity index (χ3n) is 2.76. The number of halogens is 2. The van der Waals surface area contributed by atoms with Crippen molar-refractivity contribution in [2.45, 2.75) is 12.8 Å². The number of ether oxygens (including phenoxy) is 1. The first-order valence-corrected chi connectivity index (χ1v) is 7.75. The van der Waals surface area contributed by atoms with Gasteiger partial charge in [-0.05, 0) is 52.7 Å². The highest BCUT2D eigenvalue weighted by atomic mass is 79.9. The van der Waals surface area contributed by atoms with Crippen molar-refractivity contribution < 1.29 is 9.53 Å². The Morgan fingerprint density at radius 1 is 1.19 bits per heavy atom. The number of benzene rings is 2. The minimum atomic E-state index is -0.0509. The lowest BCUT2D eigenvalue weighted by atomic mass is 10.2. The van der Waals surface area contributed by atoms with Gasteiger partial charge in [0.1, 0.15) is 5.75 Å². The normalized spacial score (nSPS) is 10.2. The van der Waals surface area contributed by atoms with Gasteiger partial charge in [0.05, 0.1) is 11.6 Å². The number of carbonyl (C=O) groups is 1. The molecule has 2 rings (SSSR count). The molecule has 0 aromatic heterocycles. The lowest BCUT2D eigenvalue weighted by Gasteiger charge is -2.07. The highest BCUT2D eigenvalue weighted by molar-refractivity contribution is 9.10. The molecule has 0 atom stereocenters. The van der Waals surface area contributed by atoms with Gasteiger partial charge in [-0.3, -0.25) is 4.79 Å². The number of amides is 1. The Balaban J connectivity index is 1.71. The van der Waals surface area contributed by atoms with Crippen LogP contribution in [0.2, 0.25) is 5.02 Å². The average Bonchev–Trinajstić information content (AvgIpc) is 2.49. The number of nitrogens with one attached hydrogen (secondary N) is 1. The van der Waals surface area contributed by atoms with Gasteiger partial charge in [0, 0.05) is 16.6 Å². The molecule has 0 saturated carbocycles. The molecule has 1 amide bonds. The highest BCUT2D eigenvalue weighted by Gasteiger charge is 2.04. The van der Waals surface area contributed by atoms with Crippen LogP contribution in [-0.2, 0) is 4.79 Å². The standard InChI is InChI=1S/C16H15BrClNO2/c17-14-9-8-12(11-15(14)18)19-16(20)7-4-10-21-13-5-2-1-3-6-13/h1-3,5-6,8-9,11H,4,7,10H2,(H,19,20). The minimum absolute atomic E-state index is 0.0509. The van der Waals surface area contributed by atoms with Gasteiger partial charge in [-0.15, -0.1) is 0 Å². The summed E-state index contributed by atoms with van der Waals surface area (Å²) in [6, 6.07) is 14.9. The summed E-state index contributed by atoms with van der Waals surface area (Å²) >= 11 is 9.28. The van der Waals surface area contributed by atoms with Crippen LogP contribution in [0.3, 0.4) is 0 Å². The summed E-state index contributed by atoms with van der Waals surface area (Å²) in [5.74, 6) is 0.766. The molecule has 2 aromatic rings. The van der Waals surface area contributed by atoms with Crippen molar-refractivity contribution in [3.8, 4) is 5.75 Å². The van der Waals surface area contributed by atoms with Crippen LogP contribution < -0.4 is 10.1 Å². The molecule has 3 nitrogen and oxygen atoms in total. The molecule has 0 radical (unpaired) electrons. The minimum Gasteiger partial charge on any atom is -0.494 e. The molecule has 110 valence electrons. The number of hydrogen-bond acceptors (Lipinski definition) is 2. The van der Waals surface area contributed by atoms with Gasteiger partial charge in [-0.25, -0.2) is 0 Å². The van der Waals surface area contributed by atoms with Crippen LogP contribution in [0.5, 0.6) is 5.75 Å². The molecule has 0 unspecified atom stereocenters. The second-order valence-electron chi connectivity index (χ2n) is 4.44. The van der Waals surface area contributed by atoms with Crippen LogP contribution in [0.15, 0.2) is 53.0 Å². The third kappa shape index (κ3) is 5.40. The van der Waals surface area contributed by atoms with Gasteiger partial charge in [-0.2, -0.15) is 0 Å². The van der Waals surface area contributed by atoms with E-state index >= 15 is 0 Å². The predicted molar refractivity (Wildman–Crippen MR) is 89.0 cm³/mol. The number of hydrogen-bond donors (Lipinski definition) is 1. The first-order valence-electron chi connectivity index (χ1n) is 6.58. The van der Waals surface area contributed by atoms with E-state index in [9.17, 15) is 4.79 Å². The summed E-state index contributed by atoms with van der Waals surface area (Å²) in [6.45, 7) is 0.512. The molecular weight excluding hydrogens is 354 g/mol. The summed E-state index contributed by atoms with van der Waals surface area (Å²) in [5.41, 5.74) is 0.692. The molecule has 0 saturated heterocycles. The predicted octanol–water partition coefficient (Wildman–Crippen LogP) is 4.90. The smallest absolute Gasteiger partial charge is 0.224 e.